The fraction of sp³-hybridized carbons (Fsp3) is 0.435. The number of likely N-dealkylation sites (tertiary alicyclic amines) is 1. The van der Waals surface area contributed by atoms with E-state index in [9.17, 15) is 4.79 Å². The zero-order valence-electron chi connectivity index (χ0n) is 15.9. The Bertz CT molecular complexity index is 686. The number of benzene rings is 2. The van der Waals surface area contributed by atoms with Crippen molar-refractivity contribution in [3.63, 3.8) is 0 Å². The van der Waals surface area contributed by atoms with Crippen molar-refractivity contribution in [2.45, 2.75) is 26.7 Å². The molecular weight excluding hydrogens is 320 g/mol. The maximum absolute atomic E-state index is 12.2. The van der Waals surface area contributed by atoms with Gasteiger partial charge in [0, 0.05) is 26.2 Å². The number of hydrogen-bond acceptors (Lipinski definition) is 2. The molecule has 0 radical (unpaired) electrons. The van der Waals surface area contributed by atoms with Gasteiger partial charge >= 0.3 is 0 Å². The number of piperidine rings is 1. The molecule has 0 aromatic heterocycles. The molecule has 1 aliphatic rings. The highest BCUT2D eigenvalue weighted by molar-refractivity contribution is 5.78. The summed E-state index contributed by atoms with van der Waals surface area (Å²) in [5.41, 5.74) is 3.44. The Hall–Kier alpha value is -2.13. The lowest BCUT2D eigenvalue weighted by Crippen LogP contribution is -2.43. The number of rotatable bonds is 6. The van der Waals surface area contributed by atoms with Crippen molar-refractivity contribution in [3.8, 4) is 11.1 Å². The highest BCUT2D eigenvalue weighted by Gasteiger charge is 2.21. The first kappa shape index (κ1) is 18.7. The lowest BCUT2D eigenvalue weighted by Gasteiger charge is -2.34. The Labute approximate surface area is 157 Å². The average molecular weight is 351 g/mol. The molecule has 3 nitrogen and oxygen atoms in total. The van der Waals surface area contributed by atoms with Gasteiger partial charge in [-0.1, -0.05) is 68.4 Å². The molecule has 0 saturated carbocycles. The minimum Gasteiger partial charge on any atom is -0.355 e. The van der Waals surface area contributed by atoms with E-state index < -0.39 is 0 Å². The zero-order valence-corrected chi connectivity index (χ0v) is 15.9. The smallest absolute Gasteiger partial charge is 0.224 e. The van der Waals surface area contributed by atoms with Gasteiger partial charge in [-0.3, -0.25) is 4.79 Å². The van der Waals surface area contributed by atoms with Crippen LogP contribution in [0.3, 0.4) is 0 Å². The van der Waals surface area contributed by atoms with Crippen molar-refractivity contribution in [2.75, 3.05) is 26.2 Å². The monoisotopic (exact) mass is 350 g/mol. The minimum atomic E-state index is 0.107. The van der Waals surface area contributed by atoms with Crippen LogP contribution in [0.25, 0.3) is 11.1 Å². The molecular formula is C23H30N2O. The van der Waals surface area contributed by atoms with Gasteiger partial charge in [0.05, 0.1) is 6.42 Å². The fourth-order valence-electron chi connectivity index (χ4n) is 4.02. The molecule has 2 aromatic carbocycles. The van der Waals surface area contributed by atoms with Crippen molar-refractivity contribution in [1.29, 1.82) is 0 Å². The highest BCUT2D eigenvalue weighted by atomic mass is 16.1. The van der Waals surface area contributed by atoms with E-state index >= 15 is 0 Å². The fourth-order valence-corrected chi connectivity index (χ4v) is 4.02. The molecule has 1 amide bonds. The molecule has 0 aliphatic carbocycles. The van der Waals surface area contributed by atoms with Gasteiger partial charge in [-0.15, -0.1) is 0 Å². The van der Waals surface area contributed by atoms with Gasteiger partial charge in [-0.2, -0.15) is 0 Å². The van der Waals surface area contributed by atoms with Crippen LogP contribution in [0.4, 0.5) is 0 Å². The van der Waals surface area contributed by atoms with E-state index in [-0.39, 0.29) is 5.91 Å². The number of carbonyl (C=O) groups excluding carboxylic acids is 1. The second-order valence-corrected chi connectivity index (χ2v) is 7.80. The third-order valence-corrected chi connectivity index (χ3v) is 5.12. The van der Waals surface area contributed by atoms with Gasteiger partial charge in [-0.25, -0.2) is 0 Å². The van der Waals surface area contributed by atoms with Crippen LogP contribution >= 0.6 is 0 Å². The quantitative estimate of drug-likeness (QED) is 0.854. The summed E-state index contributed by atoms with van der Waals surface area (Å²) in [4.78, 5) is 14.7. The van der Waals surface area contributed by atoms with E-state index in [1.165, 1.54) is 17.5 Å². The number of hydrogen-bond donors (Lipinski definition) is 1. The van der Waals surface area contributed by atoms with Crippen LogP contribution in [0.5, 0.6) is 0 Å². The molecule has 2 atom stereocenters. The summed E-state index contributed by atoms with van der Waals surface area (Å²) in [6.45, 7) is 8.64. The summed E-state index contributed by atoms with van der Waals surface area (Å²) in [6, 6.07) is 18.6. The van der Waals surface area contributed by atoms with Crippen molar-refractivity contribution < 1.29 is 4.79 Å². The Balaban J connectivity index is 1.43. The van der Waals surface area contributed by atoms with E-state index in [1.807, 2.05) is 18.2 Å². The van der Waals surface area contributed by atoms with Crippen LogP contribution in [0, 0.1) is 11.8 Å². The third kappa shape index (κ3) is 5.43. The van der Waals surface area contributed by atoms with Gasteiger partial charge in [0.2, 0.25) is 5.91 Å². The van der Waals surface area contributed by atoms with E-state index in [1.54, 1.807) is 0 Å². The lowest BCUT2D eigenvalue weighted by atomic mass is 9.92. The van der Waals surface area contributed by atoms with Gasteiger partial charge in [-0.05, 0) is 34.9 Å². The first-order valence-corrected chi connectivity index (χ1v) is 9.73. The minimum absolute atomic E-state index is 0.107. The maximum atomic E-state index is 12.2. The predicted molar refractivity (Wildman–Crippen MR) is 108 cm³/mol. The van der Waals surface area contributed by atoms with Crippen molar-refractivity contribution in [3.05, 3.63) is 60.2 Å². The molecule has 0 unspecified atom stereocenters. The van der Waals surface area contributed by atoms with Crippen LogP contribution in [-0.2, 0) is 11.2 Å². The topological polar surface area (TPSA) is 32.3 Å². The van der Waals surface area contributed by atoms with E-state index in [0.717, 1.165) is 43.6 Å². The largest absolute Gasteiger partial charge is 0.355 e. The van der Waals surface area contributed by atoms with Crippen LogP contribution in [0.2, 0.25) is 0 Å². The molecule has 1 aliphatic heterocycles. The number of nitrogens with one attached hydrogen (secondary N) is 1. The third-order valence-electron chi connectivity index (χ3n) is 5.12. The van der Waals surface area contributed by atoms with Crippen LogP contribution in [0.1, 0.15) is 25.8 Å². The first-order valence-electron chi connectivity index (χ1n) is 9.73. The average Bonchev–Trinajstić information content (AvgIpc) is 2.62. The molecule has 1 N–H and O–H groups in total. The van der Waals surface area contributed by atoms with Gasteiger partial charge in [0.25, 0.3) is 0 Å². The van der Waals surface area contributed by atoms with E-state index in [4.69, 9.17) is 0 Å². The Morgan fingerprint density at radius 3 is 2.23 bits per heavy atom. The first-order chi connectivity index (χ1) is 12.6. The Kier molecular flexibility index (Phi) is 6.45. The van der Waals surface area contributed by atoms with Crippen LogP contribution < -0.4 is 5.32 Å². The summed E-state index contributed by atoms with van der Waals surface area (Å²) in [7, 11) is 0. The molecule has 3 heteroatoms. The molecule has 1 heterocycles. The summed E-state index contributed by atoms with van der Waals surface area (Å²) in [5, 5.41) is 3.07. The van der Waals surface area contributed by atoms with Gasteiger partial charge in [0.1, 0.15) is 0 Å². The normalized spacial score (nSPS) is 20.7. The summed E-state index contributed by atoms with van der Waals surface area (Å²) in [6.07, 6.45) is 1.77. The Morgan fingerprint density at radius 1 is 0.962 bits per heavy atom. The van der Waals surface area contributed by atoms with Crippen LogP contribution in [0.15, 0.2) is 54.6 Å². The van der Waals surface area contributed by atoms with Gasteiger partial charge < -0.3 is 10.2 Å². The zero-order chi connectivity index (χ0) is 18.4. The second kappa shape index (κ2) is 9.00. The summed E-state index contributed by atoms with van der Waals surface area (Å²) in [5.74, 6) is 1.63. The van der Waals surface area contributed by atoms with Crippen LogP contribution in [-0.4, -0.2) is 37.0 Å². The Morgan fingerprint density at radius 2 is 1.58 bits per heavy atom. The molecule has 0 spiro atoms. The number of carbonyl (C=O) groups is 1. The molecule has 1 fully saturated rings. The van der Waals surface area contributed by atoms with Crippen molar-refractivity contribution in [1.82, 2.24) is 10.2 Å². The van der Waals surface area contributed by atoms with Gasteiger partial charge in [0.15, 0.2) is 0 Å². The van der Waals surface area contributed by atoms with Crippen molar-refractivity contribution >= 4 is 5.91 Å². The van der Waals surface area contributed by atoms with E-state index in [0.29, 0.717) is 6.42 Å². The predicted octanol–water partition coefficient (Wildman–Crippen LogP) is 3.99. The standard InChI is InChI=1S/C23H30N2O/c1-18-14-19(2)17-25(16-18)13-12-24-23(26)15-20-8-10-22(11-9-20)21-6-4-3-5-7-21/h3-11,18-19H,12-17H2,1-2H3,(H,24,26)/t18-,19+. The lowest BCUT2D eigenvalue weighted by molar-refractivity contribution is -0.120. The summed E-state index contributed by atoms with van der Waals surface area (Å²) < 4.78 is 0. The molecule has 0 bridgehead atoms. The highest BCUT2D eigenvalue weighted by Crippen LogP contribution is 2.20. The van der Waals surface area contributed by atoms with E-state index in [2.05, 4.69) is 60.5 Å². The second-order valence-electron chi connectivity index (χ2n) is 7.80. The molecule has 2 aromatic rings. The number of nitrogens with zero attached hydrogens (tertiary/aromatic N) is 1. The molecule has 3 rings (SSSR count). The molecule has 138 valence electrons. The van der Waals surface area contributed by atoms with Crippen molar-refractivity contribution in [2.24, 2.45) is 11.8 Å². The molecule has 1 saturated heterocycles. The SMILES string of the molecule is C[C@@H]1C[C@H](C)CN(CCNC(=O)Cc2ccc(-c3ccccc3)cc2)C1. The molecule has 26 heavy (non-hydrogen) atoms. The number of amides is 1. The summed E-state index contributed by atoms with van der Waals surface area (Å²) >= 11 is 0. The maximum Gasteiger partial charge on any atom is 0.224 e.